The van der Waals surface area contributed by atoms with Crippen LogP contribution in [0.2, 0.25) is 0 Å². The Morgan fingerprint density at radius 1 is 1.17 bits per heavy atom. The number of aliphatic carboxylic acids is 1. The van der Waals surface area contributed by atoms with Crippen LogP contribution in [-0.2, 0) is 14.3 Å². The van der Waals surface area contributed by atoms with E-state index in [1.165, 1.54) is 6.08 Å². The minimum atomic E-state index is -1.21. The average Bonchev–Trinajstić information content (AvgIpc) is 2.33. The van der Waals surface area contributed by atoms with Crippen molar-refractivity contribution < 1.29 is 19.4 Å². The van der Waals surface area contributed by atoms with Gasteiger partial charge in [0.1, 0.15) is 0 Å². The number of carboxylic acids is 1. The largest absolute Gasteiger partial charge is 0.478 e. The quantitative estimate of drug-likeness (QED) is 0.290. The van der Waals surface area contributed by atoms with Crippen molar-refractivity contribution in [3.63, 3.8) is 0 Å². The highest BCUT2D eigenvalue weighted by Gasteiger charge is 2.16. The van der Waals surface area contributed by atoms with Crippen LogP contribution in [0, 0.1) is 0 Å². The third-order valence-corrected chi connectivity index (χ3v) is 1.89. The Hall–Kier alpha value is -2.14. The van der Waals surface area contributed by atoms with Crippen molar-refractivity contribution in [3.8, 4) is 0 Å². The first-order chi connectivity index (χ1) is 8.54. The second-order valence-corrected chi connectivity index (χ2v) is 3.27. The number of nitrogens with zero attached hydrogens (tertiary/aromatic N) is 1. The fourth-order valence-electron chi connectivity index (χ4n) is 1.18. The maximum atomic E-state index is 11.3. The summed E-state index contributed by atoms with van der Waals surface area (Å²) in [5, 5.41) is 8.38. The summed E-state index contributed by atoms with van der Waals surface area (Å²) in [5.41, 5.74) is 0. The third-order valence-electron chi connectivity index (χ3n) is 1.89. The van der Waals surface area contributed by atoms with Gasteiger partial charge in [0, 0.05) is 25.2 Å². The summed E-state index contributed by atoms with van der Waals surface area (Å²) in [6, 6.07) is 0. The van der Waals surface area contributed by atoms with E-state index in [-0.39, 0.29) is 0 Å². The van der Waals surface area contributed by atoms with Crippen molar-refractivity contribution in [2.75, 3.05) is 13.1 Å². The average molecular weight is 251 g/mol. The van der Waals surface area contributed by atoms with Crippen molar-refractivity contribution in [3.05, 3.63) is 50.1 Å². The second kappa shape index (κ2) is 8.95. The Labute approximate surface area is 106 Å². The van der Waals surface area contributed by atoms with E-state index < -0.39 is 18.2 Å². The lowest BCUT2D eigenvalue weighted by atomic mass is 10.4. The van der Waals surface area contributed by atoms with E-state index in [9.17, 15) is 9.59 Å². The van der Waals surface area contributed by atoms with Crippen molar-refractivity contribution in [1.82, 2.24) is 4.90 Å². The summed E-state index contributed by atoms with van der Waals surface area (Å²) in [6.07, 6.45) is 5.65. The fourth-order valence-corrected chi connectivity index (χ4v) is 1.18. The van der Waals surface area contributed by atoms with Crippen LogP contribution in [0.4, 0.5) is 0 Å². The van der Waals surface area contributed by atoms with Gasteiger partial charge in [0.25, 0.3) is 0 Å². The Bertz CT molecular complexity index is 350. The number of hydrogen-bond acceptors (Lipinski definition) is 4. The van der Waals surface area contributed by atoms with Gasteiger partial charge in [-0.25, -0.2) is 9.59 Å². The molecule has 18 heavy (non-hydrogen) atoms. The van der Waals surface area contributed by atoms with E-state index in [0.29, 0.717) is 19.2 Å². The van der Waals surface area contributed by atoms with E-state index in [1.807, 2.05) is 0 Å². The monoisotopic (exact) mass is 251 g/mol. The molecule has 0 aliphatic rings. The van der Waals surface area contributed by atoms with Gasteiger partial charge in [0.05, 0.1) is 0 Å². The Kier molecular flexibility index (Phi) is 7.89. The minimum absolute atomic E-state index is 0.485. The molecule has 1 N–H and O–H groups in total. The number of esters is 1. The highest BCUT2D eigenvalue weighted by atomic mass is 16.6. The molecule has 0 aromatic heterocycles. The molecule has 1 atom stereocenters. The topological polar surface area (TPSA) is 66.8 Å². The van der Waals surface area contributed by atoms with E-state index >= 15 is 0 Å². The van der Waals surface area contributed by atoms with Gasteiger partial charge < -0.3 is 9.84 Å². The predicted molar refractivity (Wildman–Crippen MR) is 68.8 cm³/mol. The van der Waals surface area contributed by atoms with Crippen LogP contribution in [0.5, 0.6) is 0 Å². The first kappa shape index (κ1) is 15.9. The molecule has 0 aliphatic heterocycles. The second-order valence-electron chi connectivity index (χ2n) is 3.27. The molecule has 0 saturated heterocycles. The number of ether oxygens (including phenoxy) is 1. The zero-order valence-electron chi connectivity index (χ0n) is 10.1. The normalized spacial score (nSPS) is 12.1. The summed E-state index contributed by atoms with van der Waals surface area (Å²) >= 11 is 0. The van der Waals surface area contributed by atoms with Crippen LogP contribution < -0.4 is 0 Å². The van der Waals surface area contributed by atoms with Gasteiger partial charge in [-0.1, -0.05) is 18.7 Å². The number of carboxylic acid groups (broad SMARTS) is 1. The number of hydrogen-bond donors (Lipinski definition) is 1. The molecule has 0 aromatic rings. The molecule has 0 fully saturated rings. The highest BCUT2D eigenvalue weighted by Crippen LogP contribution is 2.04. The molecule has 0 radical (unpaired) electrons. The van der Waals surface area contributed by atoms with Crippen LogP contribution in [0.25, 0.3) is 0 Å². The van der Waals surface area contributed by atoms with Gasteiger partial charge in [-0.15, -0.1) is 13.2 Å². The summed E-state index contributed by atoms with van der Waals surface area (Å²) in [5.74, 6) is -1.96. The molecule has 5 heteroatoms. The Balaban J connectivity index is 4.59. The molecule has 0 amide bonds. The first-order valence-electron chi connectivity index (χ1n) is 5.25. The predicted octanol–water partition coefficient (Wildman–Crippen LogP) is 1.36. The minimum Gasteiger partial charge on any atom is -0.478 e. The Morgan fingerprint density at radius 2 is 1.72 bits per heavy atom. The molecule has 0 spiro atoms. The molecule has 98 valence electrons. The number of carbonyl (C=O) groups is 2. The molecule has 5 nitrogen and oxygen atoms in total. The van der Waals surface area contributed by atoms with E-state index in [1.54, 1.807) is 17.1 Å². The Morgan fingerprint density at radius 3 is 2.11 bits per heavy atom. The summed E-state index contributed by atoms with van der Waals surface area (Å²) < 4.78 is 5.04. The molecular weight excluding hydrogens is 234 g/mol. The third kappa shape index (κ3) is 6.44. The summed E-state index contributed by atoms with van der Waals surface area (Å²) in [6.45, 7) is 11.7. The van der Waals surface area contributed by atoms with Crippen molar-refractivity contribution in [2.24, 2.45) is 0 Å². The van der Waals surface area contributed by atoms with E-state index in [0.717, 1.165) is 6.08 Å². The zero-order chi connectivity index (χ0) is 14.0. The van der Waals surface area contributed by atoms with Crippen molar-refractivity contribution >= 4 is 11.9 Å². The van der Waals surface area contributed by atoms with Crippen LogP contribution in [0.3, 0.4) is 0 Å². The van der Waals surface area contributed by atoms with Crippen LogP contribution in [0.15, 0.2) is 50.1 Å². The summed E-state index contributed by atoms with van der Waals surface area (Å²) in [7, 11) is 0. The lowest BCUT2D eigenvalue weighted by Crippen LogP contribution is -2.37. The van der Waals surface area contributed by atoms with Gasteiger partial charge in [-0.05, 0) is 6.08 Å². The van der Waals surface area contributed by atoms with Gasteiger partial charge in [-0.3, -0.25) is 4.90 Å². The first-order valence-corrected chi connectivity index (χ1v) is 5.25. The maximum Gasteiger partial charge on any atom is 0.332 e. The smallest absolute Gasteiger partial charge is 0.332 e. The zero-order valence-corrected chi connectivity index (χ0v) is 10.1. The molecular formula is C13H17NO4. The van der Waals surface area contributed by atoms with Gasteiger partial charge in [0.2, 0.25) is 0 Å². The lowest BCUT2D eigenvalue weighted by molar-refractivity contribution is -0.148. The van der Waals surface area contributed by atoms with Gasteiger partial charge in [-0.2, -0.15) is 0 Å². The summed E-state index contributed by atoms with van der Waals surface area (Å²) in [4.78, 5) is 23.3. The fraction of sp³-hybridized carbons (Fsp3) is 0.231. The van der Waals surface area contributed by atoms with Crippen LogP contribution >= 0.6 is 0 Å². The van der Waals surface area contributed by atoms with E-state index in [4.69, 9.17) is 9.84 Å². The van der Waals surface area contributed by atoms with E-state index in [2.05, 4.69) is 19.7 Å². The molecule has 0 saturated carbocycles. The number of carbonyl (C=O) groups excluding carboxylic acids is 1. The van der Waals surface area contributed by atoms with Gasteiger partial charge in [0.15, 0.2) is 6.23 Å². The van der Waals surface area contributed by atoms with Crippen molar-refractivity contribution in [1.29, 1.82) is 0 Å². The SMILES string of the molecule is C=CCN(CC=C)C(C=C)OC(=O)/C=C\C(=O)O. The lowest BCUT2D eigenvalue weighted by Gasteiger charge is -2.26. The molecule has 0 bridgehead atoms. The molecule has 1 unspecified atom stereocenters. The highest BCUT2D eigenvalue weighted by molar-refractivity contribution is 5.90. The molecule has 0 rings (SSSR count). The molecule has 0 heterocycles. The van der Waals surface area contributed by atoms with Crippen LogP contribution in [0.1, 0.15) is 0 Å². The molecule has 0 aliphatic carbocycles. The molecule has 0 aromatic carbocycles. The van der Waals surface area contributed by atoms with Crippen molar-refractivity contribution in [2.45, 2.75) is 6.23 Å². The maximum absolute atomic E-state index is 11.3. The van der Waals surface area contributed by atoms with Crippen LogP contribution in [-0.4, -0.2) is 41.3 Å². The number of rotatable bonds is 9. The standard InChI is InChI=1S/C13H17NO4/c1-4-9-14(10-5-2)11(6-3)18-13(17)8-7-12(15)16/h4-8,11H,1-3,9-10H2,(H,15,16)/b8-7-. The van der Waals surface area contributed by atoms with Gasteiger partial charge >= 0.3 is 11.9 Å².